The van der Waals surface area contributed by atoms with Gasteiger partial charge in [-0.15, -0.1) is 0 Å². The summed E-state index contributed by atoms with van der Waals surface area (Å²) in [4.78, 5) is 15.9. The molecule has 0 saturated heterocycles. The summed E-state index contributed by atoms with van der Waals surface area (Å²) in [5.41, 5.74) is 1.35. The van der Waals surface area contributed by atoms with Crippen LogP contribution in [0.3, 0.4) is 0 Å². The minimum atomic E-state index is -0.316. The quantitative estimate of drug-likeness (QED) is 0.808. The average Bonchev–Trinajstić information content (AvgIpc) is 2.40. The van der Waals surface area contributed by atoms with Gasteiger partial charge in [0.25, 0.3) is 0 Å². The summed E-state index contributed by atoms with van der Waals surface area (Å²) >= 11 is 0. The second-order valence-electron chi connectivity index (χ2n) is 4.13. The number of aromatic nitrogens is 1. The molecule has 0 N–H and O–H groups in total. The Labute approximate surface area is 105 Å². The van der Waals surface area contributed by atoms with Crippen LogP contribution in [0, 0.1) is 5.82 Å². The maximum absolute atomic E-state index is 13.3. The Morgan fingerprint density at radius 3 is 2.61 bits per heavy atom. The number of hydrogen-bond acceptors (Lipinski definition) is 2. The van der Waals surface area contributed by atoms with Crippen LogP contribution in [0.2, 0.25) is 0 Å². The van der Waals surface area contributed by atoms with Crippen molar-refractivity contribution in [1.82, 2.24) is 4.98 Å². The first-order valence-electron chi connectivity index (χ1n) is 5.91. The topological polar surface area (TPSA) is 30.0 Å². The third kappa shape index (κ3) is 3.48. The lowest BCUT2D eigenvalue weighted by atomic mass is 10.0. The maximum atomic E-state index is 13.3. The van der Waals surface area contributed by atoms with Crippen LogP contribution < -0.4 is 0 Å². The zero-order chi connectivity index (χ0) is 12.8. The number of ketones is 1. The molecule has 0 fully saturated rings. The Balaban J connectivity index is 1.88. The van der Waals surface area contributed by atoms with Gasteiger partial charge in [0, 0.05) is 24.7 Å². The van der Waals surface area contributed by atoms with Crippen molar-refractivity contribution >= 4 is 5.78 Å². The molecule has 18 heavy (non-hydrogen) atoms. The van der Waals surface area contributed by atoms with Crippen LogP contribution >= 0.6 is 0 Å². The van der Waals surface area contributed by atoms with Crippen molar-refractivity contribution in [3.8, 4) is 0 Å². The monoisotopic (exact) mass is 243 g/mol. The van der Waals surface area contributed by atoms with Gasteiger partial charge in [0.1, 0.15) is 11.6 Å². The smallest absolute Gasteiger partial charge is 0.137 e. The fourth-order valence-corrected chi connectivity index (χ4v) is 1.76. The zero-order valence-corrected chi connectivity index (χ0v) is 9.97. The molecule has 3 heteroatoms. The Kier molecular flexibility index (Phi) is 4.18. The Hall–Kier alpha value is -2.03. The van der Waals surface area contributed by atoms with Crippen molar-refractivity contribution in [3.63, 3.8) is 0 Å². The molecule has 1 aromatic carbocycles. The first kappa shape index (κ1) is 12.4. The van der Waals surface area contributed by atoms with Gasteiger partial charge in [-0.1, -0.05) is 24.3 Å². The summed E-state index contributed by atoms with van der Waals surface area (Å²) < 4.78 is 13.3. The van der Waals surface area contributed by atoms with Gasteiger partial charge >= 0.3 is 0 Å². The van der Waals surface area contributed by atoms with Crippen molar-refractivity contribution in [1.29, 1.82) is 0 Å². The number of nitrogens with zero attached hydrogens (tertiary/aromatic N) is 1. The Morgan fingerprint density at radius 2 is 1.89 bits per heavy atom. The number of hydrogen-bond donors (Lipinski definition) is 0. The summed E-state index contributed by atoms with van der Waals surface area (Å²) in [7, 11) is 0. The molecule has 92 valence electrons. The fourth-order valence-electron chi connectivity index (χ4n) is 1.76. The molecule has 0 aliphatic carbocycles. The summed E-state index contributed by atoms with van der Waals surface area (Å²) in [6.07, 6.45) is 2.86. The lowest BCUT2D eigenvalue weighted by molar-refractivity contribution is -0.118. The molecule has 0 bridgehead atoms. The molecule has 0 atom stereocenters. The minimum Gasteiger partial charge on any atom is -0.299 e. The summed E-state index contributed by atoms with van der Waals surface area (Å²) in [6.45, 7) is 0. The van der Waals surface area contributed by atoms with Crippen LogP contribution in [0.1, 0.15) is 17.7 Å². The first-order chi connectivity index (χ1) is 8.75. The van der Waals surface area contributed by atoms with Gasteiger partial charge in [0.05, 0.1) is 0 Å². The molecule has 2 rings (SSSR count). The van der Waals surface area contributed by atoms with E-state index >= 15 is 0 Å². The van der Waals surface area contributed by atoms with E-state index in [1.54, 1.807) is 24.4 Å². The van der Waals surface area contributed by atoms with E-state index < -0.39 is 0 Å². The number of Topliss-reactive ketones (excluding diaryl/α,β-unsaturated/α-hetero) is 1. The largest absolute Gasteiger partial charge is 0.299 e. The van der Waals surface area contributed by atoms with Gasteiger partial charge in [0.2, 0.25) is 0 Å². The number of carbonyl (C=O) groups excluding carboxylic acids is 1. The maximum Gasteiger partial charge on any atom is 0.137 e. The van der Waals surface area contributed by atoms with Gasteiger partial charge in [0.15, 0.2) is 0 Å². The van der Waals surface area contributed by atoms with Gasteiger partial charge < -0.3 is 0 Å². The highest BCUT2D eigenvalue weighted by Gasteiger charge is 2.08. The van der Waals surface area contributed by atoms with Gasteiger partial charge in [-0.3, -0.25) is 9.78 Å². The van der Waals surface area contributed by atoms with E-state index in [1.807, 2.05) is 18.2 Å². The van der Waals surface area contributed by atoms with E-state index in [-0.39, 0.29) is 18.0 Å². The van der Waals surface area contributed by atoms with E-state index in [0.29, 0.717) is 18.4 Å². The SMILES string of the molecule is O=C(CCc1ccccn1)Cc1ccccc1F. The average molecular weight is 243 g/mol. The van der Waals surface area contributed by atoms with Crippen molar-refractivity contribution < 1.29 is 9.18 Å². The molecule has 0 unspecified atom stereocenters. The summed E-state index contributed by atoms with van der Waals surface area (Å²) in [5.74, 6) is -0.283. The molecule has 0 aliphatic rings. The van der Waals surface area contributed by atoms with E-state index in [0.717, 1.165) is 5.69 Å². The molecule has 0 spiro atoms. The van der Waals surface area contributed by atoms with E-state index in [4.69, 9.17) is 0 Å². The van der Waals surface area contributed by atoms with Crippen LogP contribution in [-0.4, -0.2) is 10.8 Å². The first-order valence-corrected chi connectivity index (χ1v) is 5.91. The number of rotatable bonds is 5. The van der Waals surface area contributed by atoms with Crippen LogP contribution in [0.15, 0.2) is 48.7 Å². The molecule has 2 aromatic rings. The minimum absolute atomic E-state index is 0.0331. The van der Waals surface area contributed by atoms with Crippen LogP contribution in [-0.2, 0) is 17.6 Å². The van der Waals surface area contributed by atoms with Crippen molar-refractivity contribution in [2.45, 2.75) is 19.3 Å². The second kappa shape index (κ2) is 6.05. The summed E-state index contributed by atoms with van der Waals surface area (Å²) in [6, 6.07) is 12.0. The Bertz CT molecular complexity index is 525. The number of carbonyl (C=O) groups is 1. The zero-order valence-electron chi connectivity index (χ0n) is 9.97. The lowest BCUT2D eigenvalue weighted by Gasteiger charge is -2.02. The number of pyridine rings is 1. The van der Waals surface area contributed by atoms with Crippen LogP contribution in [0.4, 0.5) is 4.39 Å². The van der Waals surface area contributed by atoms with Crippen LogP contribution in [0.5, 0.6) is 0 Å². The molecule has 0 amide bonds. The predicted octanol–water partition coefficient (Wildman–Crippen LogP) is 2.97. The molecular weight excluding hydrogens is 229 g/mol. The molecule has 0 saturated carbocycles. The molecule has 0 radical (unpaired) electrons. The highest BCUT2D eigenvalue weighted by molar-refractivity contribution is 5.81. The molecule has 1 heterocycles. The number of aryl methyl sites for hydroxylation is 1. The molecule has 2 nitrogen and oxygen atoms in total. The van der Waals surface area contributed by atoms with E-state index in [9.17, 15) is 9.18 Å². The fraction of sp³-hybridized carbons (Fsp3) is 0.200. The molecule has 0 aliphatic heterocycles. The number of halogens is 1. The lowest BCUT2D eigenvalue weighted by Crippen LogP contribution is -2.06. The van der Waals surface area contributed by atoms with Gasteiger partial charge in [-0.05, 0) is 30.2 Å². The molecule has 1 aromatic heterocycles. The van der Waals surface area contributed by atoms with Gasteiger partial charge in [-0.2, -0.15) is 0 Å². The highest BCUT2D eigenvalue weighted by Crippen LogP contribution is 2.09. The normalized spacial score (nSPS) is 10.3. The second-order valence-corrected chi connectivity index (χ2v) is 4.13. The third-order valence-corrected chi connectivity index (χ3v) is 2.73. The standard InChI is InChI=1S/C15H14FNO/c16-15-7-2-1-5-12(15)11-14(18)9-8-13-6-3-4-10-17-13/h1-7,10H,8-9,11H2. The number of benzene rings is 1. The highest BCUT2D eigenvalue weighted by atomic mass is 19.1. The summed E-state index contributed by atoms with van der Waals surface area (Å²) in [5, 5.41) is 0. The van der Waals surface area contributed by atoms with Crippen molar-refractivity contribution in [3.05, 3.63) is 65.7 Å². The van der Waals surface area contributed by atoms with E-state index in [2.05, 4.69) is 4.98 Å². The Morgan fingerprint density at radius 1 is 1.11 bits per heavy atom. The van der Waals surface area contributed by atoms with Crippen molar-refractivity contribution in [2.75, 3.05) is 0 Å². The predicted molar refractivity (Wildman–Crippen MR) is 67.7 cm³/mol. The third-order valence-electron chi connectivity index (χ3n) is 2.73. The van der Waals surface area contributed by atoms with E-state index in [1.165, 1.54) is 6.07 Å². The van der Waals surface area contributed by atoms with Gasteiger partial charge in [-0.25, -0.2) is 4.39 Å². The van der Waals surface area contributed by atoms with Crippen molar-refractivity contribution in [2.24, 2.45) is 0 Å². The van der Waals surface area contributed by atoms with Crippen LogP contribution in [0.25, 0.3) is 0 Å². The molecular formula is C15H14FNO.